The molecular weight excluding hydrogens is 248 g/mol. The number of hydrogen-bond acceptors (Lipinski definition) is 2. The summed E-state index contributed by atoms with van der Waals surface area (Å²) in [7, 11) is 0. The van der Waals surface area contributed by atoms with E-state index in [1.807, 2.05) is 32.9 Å². The second-order valence-corrected chi connectivity index (χ2v) is 6.00. The van der Waals surface area contributed by atoms with Gasteiger partial charge in [-0.1, -0.05) is 42.5 Å². The van der Waals surface area contributed by atoms with Crippen molar-refractivity contribution in [2.24, 2.45) is 0 Å². The van der Waals surface area contributed by atoms with Gasteiger partial charge in [0.25, 0.3) is 0 Å². The molecule has 0 saturated heterocycles. The molecule has 106 valence electrons. The van der Waals surface area contributed by atoms with Crippen LogP contribution in [-0.2, 0) is 11.3 Å². The average Bonchev–Trinajstić information content (AvgIpc) is 2.37. The summed E-state index contributed by atoms with van der Waals surface area (Å²) in [5.41, 5.74) is 4.20. The molecule has 0 atom stereocenters. The lowest BCUT2D eigenvalue weighted by atomic mass is 10.0. The highest BCUT2D eigenvalue weighted by molar-refractivity contribution is 5.85. The number of amides is 1. The van der Waals surface area contributed by atoms with E-state index in [1.54, 1.807) is 11.9 Å². The summed E-state index contributed by atoms with van der Waals surface area (Å²) in [5.74, 6) is 0.0257. The van der Waals surface area contributed by atoms with Gasteiger partial charge in [-0.05, 0) is 37.1 Å². The van der Waals surface area contributed by atoms with Crippen LogP contribution in [0.5, 0.6) is 0 Å². The van der Waals surface area contributed by atoms with Crippen LogP contribution in [0.4, 0.5) is 0 Å². The standard InChI is InChI=1S/C17H22N2O/c1-13(20)19(17(2,3)4)18-12-15-10-7-9-14-8-5-6-11-16(14)15/h5-11,18H,12H2,1-4H3. The van der Waals surface area contributed by atoms with Crippen LogP contribution in [0.1, 0.15) is 33.3 Å². The Balaban J connectivity index is 2.22. The zero-order valence-corrected chi connectivity index (χ0v) is 12.6. The van der Waals surface area contributed by atoms with Gasteiger partial charge in [-0.2, -0.15) is 0 Å². The lowest BCUT2D eigenvalue weighted by Gasteiger charge is -2.35. The molecule has 3 nitrogen and oxygen atoms in total. The van der Waals surface area contributed by atoms with Gasteiger partial charge in [0.15, 0.2) is 0 Å². The molecule has 3 heteroatoms. The van der Waals surface area contributed by atoms with E-state index in [9.17, 15) is 4.79 Å². The van der Waals surface area contributed by atoms with E-state index >= 15 is 0 Å². The van der Waals surface area contributed by atoms with Crippen molar-refractivity contribution < 1.29 is 4.79 Å². The Labute approximate surface area is 120 Å². The number of hydrogen-bond donors (Lipinski definition) is 1. The lowest BCUT2D eigenvalue weighted by molar-refractivity contribution is -0.138. The van der Waals surface area contributed by atoms with Crippen LogP contribution < -0.4 is 5.43 Å². The van der Waals surface area contributed by atoms with E-state index in [2.05, 4.69) is 35.8 Å². The van der Waals surface area contributed by atoms with Crippen LogP contribution in [0, 0.1) is 0 Å². The van der Waals surface area contributed by atoms with Crippen molar-refractivity contribution in [3.63, 3.8) is 0 Å². The molecule has 0 aliphatic carbocycles. The van der Waals surface area contributed by atoms with Gasteiger partial charge in [0.05, 0.1) is 5.54 Å². The number of rotatable bonds is 3. The predicted molar refractivity (Wildman–Crippen MR) is 83.1 cm³/mol. The Kier molecular flexibility index (Phi) is 4.09. The van der Waals surface area contributed by atoms with Crippen molar-refractivity contribution in [1.29, 1.82) is 0 Å². The van der Waals surface area contributed by atoms with Crippen LogP contribution in [-0.4, -0.2) is 16.5 Å². The first-order chi connectivity index (χ1) is 9.39. The second-order valence-electron chi connectivity index (χ2n) is 6.00. The second kappa shape index (κ2) is 5.63. The van der Waals surface area contributed by atoms with E-state index in [-0.39, 0.29) is 11.4 Å². The van der Waals surface area contributed by atoms with Gasteiger partial charge in [-0.3, -0.25) is 9.80 Å². The van der Waals surface area contributed by atoms with Gasteiger partial charge in [-0.25, -0.2) is 5.43 Å². The SMILES string of the molecule is CC(=O)N(NCc1cccc2ccccc12)C(C)(C)C. The third-order valence-corrected chi connectivity index (χ3v) is 3.29. The molecule has 2 aromatic carbocycles. The fourth-order valence-electron chi connectivity index (χ4n) is 2.43. The monoisotopic (exact) mass is 270 g/mol. The first-order valence-electron chi connectivity index (χ1n) is 6.90. The Morgan fingerprint density at radius 2 is 1.75 bits per heavy atom. The predicted octanol–water partition coefficient (Wildman–Crippen LogP) is 3.49. The molecule has 0 aromatic heterocycles. The van der Waals surface area contributed by atoms with E-state index < -0.39 is 0 Å². The summed E-state index contributed by atoms with van der Waals surface area (Å²) in [6.07, 6.45) is 0. The molecule has 1 amide bonds. The summed E-state index contributed by atoms with van der Waals surface area (Å²) < 4.78 is 0. The van der Waals surface area contributed by atoms with Crippen molar-refractivity contribution in [3.8, 4) is 0 Å². The van der Waals surface area contributed by atoms with Crippen LogP contribution in [0.3, 0.4) is 0 Å². The third-order valence-electron chi connectivity index (χ3n) is 3.29. The molecule has 0 bridgehead atoms. The van der Waals surface area contributed by atoms with Crippen molar-refractivity contribution in [2.75, 3.05) is 0 Å². The molecule has 0 spiro atoms. The van der Waals surface area contributed by atoms with Crippen molar-refractivity contribution >= 4 is 16.7 Å². The molecule has 0 saturated carbocycles. The largest absolute Gasteiger partial charge is 0.274 e. The molecule has 0 heterocycles. The zero-order chi connectivity index (χ0) is 14.8. The highest BCUT2D eigenvalue weighted by atomic mass is 16.2. The number of benzene rings is 2. The van der Waals surface area contributed by atoms with Crippen molar-refractivity contribution in [1.82, 2.24) is 10.4 Å². The molecule has 0 radical (unpaired) electrons. The average molecular weight is 270 g/mol. The maximum absolute atomic E-state index is 11.7. The highest BCUT2D eigenvalue weighted by Gasteiger charge is 2.23. The summed E-state index contributed by atoms with van der Waals surface area (Å²) in [4.78, 5) is 11.7. The number of hydrazine groups is 1. The van der Waals surface area contributed by atoms with Gasteiger partial charge in [0.2, 0.25) is 5.91 Å². The van der Waals surface area contributed by atoms with Crippen LogP contribution in [0.15, 0.2) is 42.5 Å². The zero-order valence-electron chi connectivity index (χ0n) is 12.6. The minimum Gasteiger partial charge on any atom is -0.274 e. The number of nitrogens with one attached hydrogen (secondary N) is 1. The summed E-state index contributed by atoms with van der Waals surface area (Å²) >= 11 is 0. The Hall–Kier alpha value is -1.87. The number of carbonyl (C=O) groups excluding carboxylic acids is 1. The summed E-state index contributed by atoms with van der Waals surface area (Å²) in [6.45, 7) is 8.28. The fraction of sp³-hybridized carbons (Fsp3) is 0.353. The van der Waals surface area contributed by atoms with E-state index in [0.29, 0.717) is 6.54 Å². The van der Waals surface area contributed by atoms with Gasteiger partial charge in [0.1, 0.15) is 0 Å². The topological polar surface area (TPSA) is 32.3 Å². The molecule has 0 fully saturated rings. The molecule has 2 aromatic rings. The Morgan fingerprint density at radius 1 is 1.10 bits per heavy atom. The molecule has 0 aliphatic heterocycles. The minimum atomic E-state index is -0.240. The Morgan fingerprint density at radius 3 is 2.40 bits per heavy atom. The lowest BCUT2D eigenvalue weighted by Crippen LogP contribution is -2.52. The maximum Gasteiger partial charge on any atom is 0.234 e. The molecular formula is C17H22N2O. The third kappa shape index (κ3) is 3.17. The van der Waals surface area contributed by atoms with Crippen molar-refractivity contribution in [2.45, 2.75) is 39.8 Å². The van der Waals surface area contributed by atoms with E-state index in [1.165, 1.54) is 16.3 Å². The smallest absolute Gasteiger partial charge is 0.234 e. The van der Waals surface area contributed by atoms with E-state index in [0.717, 1.165) is 0 Å². The normalized spacial score (nSPS) is 11.6. The summed E-state index contributed by atoms with van der Waals surface area (Å²) in [5, 5.41) is 4.13. The number of nitrogens with zero attached hydrogens (tertiary/aromatic N) is 1. The van der Waals surface area contributed by atoms with Crippen LogP contribution >= 0.6 is 0 Å². The van der Waals surface area contributed by atoms with Crippen LogP contribution in [0.25, 0.3) is 10.8 Å². The molecule has 0 unspecified atom stereocenters. The van der Waals surface area contributed by atoms with Crippen molar-refractivity contribution in [3.05, 3.63) is 48.0 Å². The fourth-order valence-corrected chi connectivity index (χ4v) is 2.43. The van der Waals surface area contributed by atoms with Gasteiger partial charge >= 0.3 is 0 Å². The summed E-state index contributed by atoms with van der Waals surface area (Å²) in [6, 6.07) is 14.5. The van der Waals surface area contributed by atoms with E-state index in [4.69, 9.17) is 0 Å². The van der Waals surface area contributed by atoms with Gasteiger partial charge in [-0.15, -0.1) is 0 Å². The highest BCUT2D eigenvalue weighted by Crippen LogP contribution is 2.19. The van der Waals surface area contributed by atoms with Crippen LogP contribution in [0.2, 0.25) is 0 Å². The minimum absolute atomic E-state index is 0.0257. The Bertz CT molecular complexity index is 608. The molecule has 0 aliphatic rings. The first kappa shape index (κ1) is 14.5. The maximum atomic E-state index is 11.7. The number of fused-ring (bicyclic) bond motifs is 1. The quantitative estimate of drug-likeness (QED) is 0.866. The molecule has 2 rings (SSSR count). The van der Waals surface area contributed by atoms with Gasteiger partial charge in [0, 0.05) is 13.5 Å². The van der Waals surface area contributed by atoms with Gasteiger partial charge < -0.3 is 0 Å². The number of carbonyl (C=O) groups is 1. The first-order valence-corrected chi connectivity index (χ1v) is 6.90. The molecule has 1 N–H and O–H groups in total. The molecule has 20 heavy (non-hydrogen) atoms.